The number of nitrogens with two attached hydrogens (primary N) is 2. The van der Waals surface area contributed by atoms with E-state index in [1.165, 1.54) is 6.20 Å². The summed E-state index contributed by atoms with van der Waals surface area (Å²) in [5.74, 6) is 0.291. The van der Waals surface area contributed by atoms with Gasteiger partial charge in [-0.25, -0.2) is 4.79 Å². The van der Waals surface area contributed by atoms with E-state index in [1.807, 2.05) is 0 Å². The Morgan fingerprint density at radius 3 is 2.38 bits per heavy atom. The molecule has 0 saturated carbocycles. The van der Waals surface area contributed by atoms with Gasteiger partial charge in [0.05, 0.1) is 0 Å². The molecule has 1 aromatic heterocycles. The zero-order valence-electron chi connectivity index (χ0n) is 6.93. The summed E-state index contributed by atoms with van der Waals surface area (Å²) >= 11 is 0. The molecule has 0 fully saturated rings. The van der Waals surface area contributed by atoms with Gasteiger partial charge < -0.3 is 20.5 Å². The van der Waals surface area contributed by atoms with Gasteiger partial charge in [-0.15, -0.1) is 0 Å². The van der Waals surface area contributed by atoms with Crippen LogP contribution in [0.3, 0.4) is 0 Å². The summed E-state index contributed by atoms with van der Waals surface area (Å²) < 4.78 is 0. The summed E-state index contributed by atoms with van der Waals surface area (Å²) in [6.07, 6.45) is 1.53. The molecular weight excluding hydrogens is 195 g/mol. The first-order valence-corrected chi connectivity index (χ1v) is 4.49. The minimum atomic E-state index is -2.12. The normalized spacial score (nSPS) is 9.31. The summed E-state index contributed by atoms with van der Waals surface area (Å²) in [5, 5.41) is 0. The number of anilines is 1. The first kappa shape index (κ1) is 12.0. The van der Waals surface area contributed by atoms with Crippen molar-refractivity contribution in [3.05, 3.63) is 22.2 Å². The van der Waals surface area contributed by atoms with Crippen LogP contribution < -0.4 is 16.9 Å². The lowest BCUT2D eigenvalue weighted by Gasteiger charge is -1.92. The number of nitrogens with zero attached hydrogens (tertiary/aromatic N) is 1. The van der Waals surface area contributed by atoms with Gasteiger partial charge in [0.15, 0.2) is 0 Å². The molecule has 1 heterocycles. The molecule has 7 N–H and O–H groups in total. The highest BCUT2D eigenvalue weighted by atomic mass is 31.2. The van der Waals surface area contributed by atoms with Gasteiger partial charge in [-0.05, 0) is 6.92 Å². The second-order valence-electron chi connectivity index (χ2n) is 2.09. The fraction of sp³-hybridized carbons (Fsp3) is 0.200. The monoisotopic (exact) mass is 206 g/mol. The molecule has 0 bridgehead atoms. The van der Waals surface area contributed by atoms with Crippen LogP contribution in [0.1, 0.15) is 5.56 Å². The van der Waals surface area contributed by atoms with Gasteiger partial charge in [-0.2, -0.15) is 4.98 Å². The first-order valence-electron chi connectivity index (χ1n) is 3.18. The van der Waals surface area contributed by atoms with Crippen molar-refractivity contribution in [3.8, 4) is 0 Å². The predicted octanol–water partition coefficient (Wildman–Crippen LogP) is -1.18. The van der Waals surface area contributed by atoms with Crippen molar-refractivity contribution in [3.63, 3.8) is 0 Å². The molecule has 0 aliphatic carbocycles. The van der Waals surface area contributed by atoms with Gasteiger partial charge in [0, 0.05) is 11.8 Å². The average molecular weight is 206 g/mol. The van der Waals surface area contributed by atoms with Crippen molar-refractivity contribution in [2.24, 2.45) is 5.50 Å². The van der Waals surface area contributed by atoms with Crippen molar-refractivity contribution in [1.82, 2.24) is 9.97 Å². The van der Waals surface area contributed by atoms with Crippen molar-refractivity contribution < 1.29 is 9.79 Å². The maximum atomic E-state index is 10.4. The standard InChI is InChI=1S/C5H7N3O.H4NO2P/c1-3-2-7-5(9)8-4(3)6;1-4(2)3/h2H,1H3,(H3,6,7,8,9);2-3H,1H2. The van der Waals surface area contributed by atoms with Gasteiger partial charge in [-0.3, -0.25) is 5.50 Å². The van der Waals surface area contributed by atoms with Crippen LogP contribution in [-0.4, -0.2) is 19.8 Å². The lowest BCUT2D eigenvalue weighted by molar-refractivity contribution is 0.485. The van der Waals surface area contributed by atoms with Crippen LogP contribution in [0.2, 0.25) is 0 Å². The average Bonchev–Trinajstić information content (AvgIpc) is 1.96. The molecular formula is C5H11N4O3P. The zero-order chi connectivity index (χ0) is 10.4. The third-order valence-electron chi connectivity index (χ3n) is 1.04. The molecule has 8 heteroatoms. The molecule has 0 saturated heterocycles. The SMILES string of the molecule is Cc1c[nH]c(=O)nc1N.NP(O)O. The van der Waals surface area contributed by atoms with Crippen LogP contribution in [0.4, 0.5) is 5.82 Å². The summed E-state index contributed by atoms with van der Waals surface area (Å²) in [4.78, 5) is 31.1. The first-order chi connectivity index (χ1) is 5.93. The number of aromatic nitrogens is 2. The van der Waals surface area contributed by atoms with Crippen molar-refractivity contribution in [2.45, 2.75) is 6.92 Å². The highest BCUT2D eigenvalue weighted by Crippen LogP contribution is 2.05. The lowest BCUT2D eigenvalue weighted by Crippen LogP contribution is -2.12. The summed E-state index contributed by atoms with van der Waals surface area (Å²) in [5.41, 5.74) is 9.96. The molecule has 1 aromatic rings. The quantitative estimate of drug-likeness (QED) is 0.338. The smallest absolute Gasteiger partial charge is 0.346 e. The molecule has 0 atom stereocenters. The van der Waals surface area contributed by atoms with Gasteiger partial charge in [0.25, 0.3) is 0 Å². The maximum Gasteiger partial charge on any atom is 0.346 e. The highest BCUT2D eigenvalue weighted by Gasteiger charge is 1.91. The fourth-order valence-corrected chi connectivity index (χ4v) is 0.474. The Bertz CT molecular complexity index is 310. The second-order valence-corrected chi connectivity index (χ2v) is 2.74. The second kappa shape index (κ2) is 5.60. The van der Waals surface area contributed by atoms with E-state index in [4.69, 9.17) is 15.5 Å². The number of aromatic amines is 1. The van der Waals surface area contributed by atoms with E-state index >= 15 is 0 Å². The number of hydrogen-bond donors (Lipinski definition) is 5. The van der Waals surface area contributed by atoms with Crippen LogP contribution in [0.25, 0.3) is 0 Å². The van der Waals surface area contributed by atoms with E-state index in [1.54, 1.807) is 6.92 Å². The number of nitrogen functional groups attached to an aromatic ring is 1. The lowest BCUT2D eigenvalue weighted by atomic mass is 10.4. The Kier molecular flexibility index (Phi) is 5.17. The third kappa shape index (κ3) is 6.18. The minimum Gasteiger partial charge on any atom is -0.383 e. The van der Waals surface area contributed by atoms with Crippen molar-refractivity contribution in [1.29, 1.82) is 0 Å². The molecule has 0 aliphatic rings. The maximum absolute atomic E-state index is 10.4. The number of hydrogen-bond acceptors (Lipinski definition) is 6. The molecule has 7 nitrogen and oxygen atoms in total. The van der Waals surface area contributed by atoms with E-state index in [0.29, 0.717) is 5.82 Å². The van der Waals surface area contributed by atoms with Gasteiger partial charge in [0.2, 0.25) is 8.53 Å². The summed E-state index contributed by atoms with van der Waals surface area (Å²) in [6.45, 7) is 1.78. The number of H-pyrrole nitrogens is 1. The van der Waals surface area contributed by atoms with E-state index in [9.17, 15) is 4.79 Å². The molecule has 74 valence electrons. The summed E-state index contributed by atoms with van der Waals surface area (Å²) in [7, 11) is -2.12. The molecule has 1 rings (SSSR count). The zero-order valence-corrected chi connectivity index (χ0v) is 7.82. The Morgan fingerprint density at radius 1 is 1.62 bits per heavy atom. The van der Waals surface area contributed by atoms with E-state index < -0.39 is 14.2 Å². The van der Waals surface area contributed by atoms with Crippen molar-refractivity contribution >= 4 is 14.3 Å². The number of rotatable bonds is 0. The molecule has 0 aliphatic heterocycles. The Labute approximate surface area is 75.4 Å². The topological polar surface area (TPSA) is 138 Å². The minimum absolute atomic E-state index is 0.291. The van der Waals surface area contributed by atoms with Crippen molar-refractivity contribution in [2.75, 3.05) is 5.73 Å². The number of nitrogens with one attached hydrogen (secondary N) is 1. The Balaban J connectivity index is 0.000000310. The van der Waals surface area contributed by atoms with E-state index in [-0.39, 0.29) is 0 Å². The molecule has 0 spiro atoms. The van der Waals surface area contributed by atoms with E-state index in [0.717, 1.165) is 5.56 Å². The largest absolute Gasteiger partial charge is 0.383 e. The molecule has 0 amide bonds. The van der Waals surface area contributed by atoms with Crippen LogP contribution in [-0.2, 0) is 0 Å². The third-order valence-corrected chi connectivity index (χ3v) is 1.04. The molecule has 0 aromatic carbocycles. The van der Waals surface area contributed by atoms with Crippen LogP contribution in [0.15, 0.2) is 11.0 Å². The summed E-state index contributed by atoms with van der Waals surface area (Å²) in [6, 6.07) is 0. The van der Waals surface area contributed by atoms with E-state index in [2.05, 4.69) is 15.5 Å². The van der Waals surface area contributed by atoms with Gasteiger partial charge >= 0.3 is 5.69 Å². The van der Waals surface area contributed by atoms with Gasteiger partial charge in [0.1, 0.15) is 5.82 Å². The van der Waals surface area contributed by atoms with Gasteiger partial charge in [-0.1, -0.05) is 0 Å². The Morgan fingerprint density at radius 2 is 2.08 bits per heavy atom. The molecule has 13 heavy (non-hydrogen) atoms. The highest BCUT2D eigenvalue weighted by molar-refractivity contribution is 7.42. The van der Waals surface area contributed by atoms with Crippen LogP contribution >= 0.6 is 8.53 Å². The Hall–Kier alpha value is -1.01. The molecule has 0 radical (unpaired) electrons. The van der Waals surface area contributed by atoms with Crippen LogP contribution in [0, 0.1) is 6.92 Å². The fourth-order valence-electron chi connectivity index (χ4n) is 0.474. The number of aryl methyl sites for hydroxylation is 1. The predicted molar refractivity (Wildman–Crippen MR) is 49.6 cm³/mol. The molecule has 0 unspecified atom stereocenters. The van der Waals surface area contributed by atoms with Crippen LogP contribution in [0.5, 0.6) is 0 Å².